The van der Waals surface area contributed by atoms with Crippen LogP contribution >= 0.6 is 0 Å². The van der Waals surface area contributed by atoms with Crippen molar-refractivity contribution in [2.45, 2.75) is 45.4 Å². The Morgan fingerprint density at radius 1 is 1.21 bits per heavy atom. The second kappa shape index (κ2) is 3.92. The maximum absolute atomic E-state index is 10.9. The molecule has 2 nitrogen and oxygen atoms in total. The second-order valence-corrected chi connectivity index (χ2v) is 5.15. The summed E-state index contributed by atoms with van der Waals surface area (Å²) in [4.78, 5) is 10.9. The minimum atomic E-state index is -0.605. The van der Waals surface area contributed by atoms with Crippen molar-refractivity contribution in [1.82, 2.24) is 0 Å². The molecule has 2 saturated carbocycles. The van der Waals surface area contributed by atoms with Gasteiger partial charge in [-0.2, -0.15) is 0 Å². The number of rotatable bonds is 2. The highest BCUT2D eigenvalue weighted by atomic mass is 16.4. The van der Waals surface area contributed by atoms with E-state index in [0.29, 0.717) is 5.92 Å². The highest BCUT2D eigenvalue weighted by Crippen LogP contribution is 2.46. The quantitative estimate of drug-likeness (QED) is 0.737. The molecule has 2 aliphatic rings. The van der Waals surface area contributed by atoms with Gasteiger partial charge in [0.15, 0.2) is 0 Å². The van der Waals surface area contributed by atoms with E-state index in [1.807, 2.05) is 6.92 Å². The van der Waals surface area contributed by atoms with Crippen LogP contribution in [0.3, 0.4) is 0 Å². The fourth-order valence-electron chi connectivity index (χ4n) is 3.39. The first kappa shape index (κ1) is 10.0. The third-order valence-corrected chi connectivity index (χ3v) is 4.43. The molecule has 0 bridgehead atoms. The molecule has 2 heteroatoms. The molecule has 2 rings (SSSR count). The summed E-state index contributed by atoms with van der Waals surface area (Å²) in [6.07, 6.45) is 7.75. The number of aliphatic carboxylic acids is 1. The van der Waals surface area contributed by atoms with Gasteiger partial charge in [-0.1, -0.05) is 26.2 Å². The molecule has 2 fully saturated rings. The summed E-state index contributed by atoms with van der Waals surface area (Å²) < 4.78 is 0. The van der Waals surface area contributed by atoms with Crippen molar-refractivity contribution < 1.29 is 9.90 Å². The molecule has 4 atom stereocenters. The van der Waals surface area contributed by atoms with Crippen molar-refractivity contribution in [1.29, 1.82) is 0 Å². The molecule has 4 unspecified atom stereocenters. The zero-order valence-electron chi connectivity index (χ0n) is 8.91. The standard InChI is InChI=1S/C12H20O2/c1-8(12(13)14)10-6-5-9-3-2-4-11(9)7-10/h8-11H,2-7H2,1H3,(H,13,14). The van der Waals surface area contributed by atoms with Gasteiger partial charge in [0, 0.05) is 0 Å². The zero-order chi connectivity index (χ0) is 10.1. The van der Waals surface area contributed by atoms with E-state index in [2.05, 4.69) is 0 Å². The fraction of sp³-hybridized carbons (Fsp3) is 0.917. The highest BCUT2D eigenvalue weighted by molar-refractivity contribution is 5.69. The topological polar surface area (TPSA) is 37.3 Å². The third-order valence-electron chi connectivity index (χ3n) is 4.43. The van der Waals surface area contributed by atoms with Gasteiger partial charge in [0.2, 0.25) is 0 Å². The summed E-state index contributed by atoms with van der Waals surface area (Å²) in [5, 5.41) is 8.97. The Hall–Kier alpha value is -0.530. The summed E-state index contributed by atoms with van der Waals surface area (Å²) in [6.45, 7) is 1.88. The maximum Gasteiger partial charge on any atom is 0.306 e. The molecule has 2 aliphatic carbocycles. The number of fused-ring (bicyclic) bond motifs is 1. The summed E-state index contributed by atoms with van der Waals surface area (Å²) >= 11 is 0. The van der Waals surface area contributed by atoms with Gasteiger partial charge < -0.3 is 5.11 Å². The molecule has 0 heterocycles. The van der Waals surface area contributed by atoms with Gasteiger partial charge >= 0.3 is 5.97 Å². The molecule has 0 aromatic carbocycles. The lowest BCUT2D eigenvalue weighted by atomic mass is 9.71. The van der Waals surface area contributed by atoms with Crippen LogP contribution < -0.4 is 0 Å². The Balaban J connectivity index is 1.94. The largest absolute Gasteiger partial charge is 0.481 e. The molecule has 80 valence electrons. The van der Waals surface area contributed by atoms with Crippen molar-refractivity contribution >= 4 is 5.97 Å². The van der Waals surface area contributed by atoms with Gasteiger partial charge in [-0.05, 0) is 37.0 Å². The normalized spacial score (nSPS) is 39.1. The molecule has 0 spiro atoms. The molecule has 0 saturated heterocycles. The number of carbonyl (C=O) groups is 1. The number of hydrogen-bond donors (Lipinski definition) is 1. The lowest BCUT2D eigenvalue weighted by Crippen LogP contribution is -2.28. The summed E-state index contributed by atoms with van der Waals surface area (Å²) in [5.41, 5.74) is 0. The van der Waals surface area contributed by atoms with Crippen LogP contribution in [0.1, 0.15) is 45.4 Å². The van der Waals surface area contributed by atoms with Gasteiger partial charge in [-0.3, -0.25) is 4.79 Å². The van der Waals surface area contributed by atoms with E-state index >= 15 is 0 Å². The monoisotopic (exact) mass is 196 g/mol. The van der Waals surface area contributed by atoms with Crippen LogP contribution in [0.15, 0.2) is 0 Å². The average molecular weight is 196 g/mol. The van der Waals surface area contributed by atoms with Crippen LogP contribution in [0.5, 0.6) is 0 Å². The minimum absolute atomic E-state index is 0.128. The molecule has 0 amide bonds. The first-order valence-corrected chi connectivity index (χ1v) is 5.91. The molecule has 0 aromatic heterocycles. The number of hydrogen-bond acceptors (Lipinski definition) is 1. The van der Waals surface area contributed by atoms with Gasteiger partial charge in [-0.15, -0.1) is 0 Å². The van der Waals surface area contributed by atoms with Gasteiger partial charge in [-0.25, -0.2) is 0 Å². The predicted molar refractivity (Wildman–Crippen MR) is 55.0 cm³/mol. The summed E-state index contributed by atoms with van der Waals surface area (Å²) in [7, 11) is 0. The van der Waals surface area contributed by atoms with E-state index in [0.717, 1.165) is 18.3 Å². The zero-order valence-corrected chi connectivity index (χ0v) is 8.91. The maximum atomic E-state index is 10.9. The smallest absolute Gasteiger partial charge is 0.306 e. The Bertz CT molecular complexity index is 224. The van der Waals surface area contributed by atoms with Crippen molar-refractivity contribution in [2.24, 2.45) is 23.7 Å². The molecule has 0 aromatic rings. The molecule has 14 heavy (non-hydrogen) atoms. The third kappa shape index (κ3) is 1.79. The first-order valence-electron chi connectivity index (χ1n) is 5.91. The van der Waals surface area contributed by atoms with E-state index in [4.69, 9.17) is 5.11 Å². The van der Waals surface area contributed by atoms with E-state index in [-0.39, 0.29) is 5.92 Å². The van der Waals surface area contributed by atoms with Crippen molar-refractivity contribution in [3.05, 3.63) is 0 Å². The number of carboxylic acids is 1. The molecule has 1 N–H and O–H groups in total. The van der Waals surface area contributed by atoms with E-state index < -0.39 is 5.97 Å². The van der Waals surface area contributed by atoms with E-state index in [1.165, 1.54) is 32.1 Å². The van der Waals surface area contributed by atoms with Crippen LogP contribution in [0.2, 0.25) is 0 Å². The molecular formula is C12H20O2. The Morgan fingerprint density at radius 3 is 2.64 bits per heavy atom. The average Bonchev–Trinajstić information content (AvgIpc) is 2.62. The molecule has 0 aliphatic heterocycles. The van der Waals surface area contributed by atoms with Crippen LogP contribution in [-0.4, -0.2) is 11.1 Å². The Labute approximate surface area is 85.7 Å². The van der Waals surface area contributed by atoms with Gasteiger partial charge in [0.25, 0.3) is 0 Å². The van der Waals surface area contributed by atoms with Crippen molar-refractivity contribution in [2.75, 3.05) is 0 Å². The highest BCUT2D eigenvalue weighted by Gasteiger charge is 2.37. The Morgan fingerprint density at radius 2 is 1.93 bits per heavy atom. The second-order valence-electron chi connectivity index (χ2n) is 5.15. The Kier molecular flexibility index (Phi) is 2.80. The first-order chi connectivity index (χ1) is 6.68. The van der Waals surface area contributed by atoms with Crippen LogP contribution in [0, 0.1) is 23.7 Å². The van der Waals surface area contributed by atoms with E-state index in [9.17, 15) is 4.79 Å². The van der Waals surface area contributed by atoms with Gasteiger partial charge in [0.05, 0.1) is 5.92 Å². The lowest BCUT2D eigenvalue weighted by Gasteiger charge is -2.33. The van der Waals surface area contributed by atoms with Crippen molar-refractivity contribution in [3.63, 3.8) is 0 Å². The summed E-state index contributed by atoms with van der Waals surface area (Å²) in [5.74, 6) is 1.51. The van der Waals surface area contributed by atoms with Crippen LogP contribution in [-0.2, 0) is 4.79 Å². The predicted octanol–water partition coefficient (Wildman–Crippen LogP) is 2.92. The fourth-order valence-corrected chi connectivity index (χ4v) is 3.39. The summed E-state index contributed by atoms with van der Waals surface area (Å²) in [6, 6.07) is 0. The van der Waals surface area contributed by atoms with Crippen LogP contribution in [0.25, 0.3) is 0 Å². The number of carboxylic acid groups (broad SMARTS) is 1. The van der Waals surface area contributed by atoms with Crippen LogP contribution in [0.4, 0.5) is 0 Å². The van der Waals surface area contributed by atoms with E-state index in [1.54, 1.807) is 0 Å². The minimum Gasteiger partial charge on any atom is -0.481 e. The molecular weight excluding hydrogens is 176 g/mol. The van der Waals surface area contributed by atoms with Gasteiger partial charge in [0.1, 0.15) is 0 Å². The lowest BCUT2D eigenvalue weighted by molar-refractivity contribution is -0.143. The SMILES string of the molecule is CC(C(=O)O)C1CCC2CCCC2C1. The molecule has 0 radical (unpaired) electrons. The van der Waals surface area contributed by atoms with Crippen molar-refractivity contribution in [3.8, 4) is 0 Å².